The molecule has 6 nitrogen and oxygen atoms in total. The first-order valence-electron chi connectivity index (χ1n) is 11.2. The molecule has 35 heavy (non-hydrogen) atoms. The van der Waals surface area contributed by atoms with Gasteiger partial charge in [0.25, 0.3) is 0 Å². The number of benzene rings is 4. The van der Waals surface area contributed by atoms with E-state index in [1.165, 1.54) is 11.8 Å². The van der Waals surface area contributed by atoms with Crippen molar-refractivity contribution in [1.29, 1.82) is 0 Å². The Bertz CT molecular complexity index is 1490. The van der Waals surface area contributed by atoms with Gasteiger partial charge in [0.05, 0.1) is 12.9 Å². The van der Waals surface area contributed by atoms with Crippen molar-refractivity contribution in [3.05, 3.63) is 96.6 Å². The van der Waals surface area contributed by atoms with E-state index in [9.17, 15) is 4.79 Å². The second-order valence-corrected chi connectivity index (χ2v) is 9.02. The number of methoxy groups -OCH3 is 1. The minimum absolute atomic E-state index is 0.104. The van der Waals surface area contributed by atoms with E-state index in [1.807, 2.05) is 96.4 Å². The number of amides is 1. The van der Waals surface area contributed by atoms with Gasteiger partial charge in [-0.2, -0.15) is 0 Å². The molecule has 0 aliphatic rings. The summed E-state index contributed by atoms with van der Waals surface area (Å²) < 4.78 is 7.29. The standard InChI is InChI=1S/C28H24N4O2S/c1-19-7-5-10-21(17-19)27-30-31-28(32(27)22-13-15-23(34-2)16-14-22)35-18-26(33)29-25-12-6-9-20-8-3-4-11-24(20)25/h3-17H,18H2,1-2H3,(H,29,33). The van der Waals surface area contributed by atoms with Crippen LogP contribution in [0.15, 0.2) is 96.2 Å². The Kier molecular flexibility index (Phi) is 6.50. The number of carbonyl (C=O) groups is 1. The van der Waals surface area contributed by atoms with Gasteiger partial charge in [0.15, 0.2) is 11.0 Å². The molecule has 0 radical (unpaired) electrons. The van der Waals surface area contributed by atoms with Gasteiger partial charge in [-0.05, 0) is 48.7 Å². The summed E-state index contributed by atoms with van der Waals surface area (Å²) in [5.41, 5.74) is 3.78. The lowest BCUT2D eigenvalue weighted by Gasteiger charge is -2.12. The topological polar surface area (TPSA) is 69.0 Å². The van der Waals surface area contributed by atoms with Crippen molar-refractivity contribution in [1.82, 2.24) is 14.8 Å². The number of thioether (sulfide) groups is 1. The average molecular weight is 481 g/mol. The summed E-state index contributed by atoms with van der Waals surface area (Å²) in [5.74, 6) is 1.58. The molecule has 0 atom stereocenters. The molecule has 5 aromatic rings. The van der Waals surface area contributed by atoms with Crippen LogP contribution in [0.2, 0.25) is 0 Å². The van der Waals surface area contributed by atoms with Crippen LogP contribution < -0.4 is 10.1 Å². The van der Waals surface area contributed by atoms with Gasteiger partial charge in [0.2, 0.25) is 5.91 Å². The normalized spacial score (nSPS) is 10.9. The summed E-state index contributed by atoms with van der Waals surface area (Å²) >= 11 is 1.35. The quantitative estimate of drug-likeness (QED) is 0.284. The van der Waals surface area contributed by atoms with Crippen molar-refractivity contribution in [3.8, 4) is 22.8 Å². The van der Waals surface area contributed by atoms with Crippen LogP contribution in [0.3, 0.4) is 0 Å². The summed E-state index contributed by atoms with van der Waals surface area (Å²) in [6.45, 7) is 2.05. The van der Waals surface area contributed by atoms with Gasteiger partial charge in [0.1, 0.15) is 5.75 Å². The van der Waals surface area contributed by atoms with E-state index in [4.69, 9.17) is 4.74 Å². The fourth-order valence-electron chi connectivity index (χ4n) is 3.95. The molecule has 1 heterocycles. The summed E-state index contributed by atoms with van der Waals surface area (Å²) in [6, 6.07) is 29.7. The van der Waals surface area contributed by atoms with Crippen LogP contribution in [-0.4, -0.2) is 33.5 Å². The summed E-state index contributed by atoms with van der Waals surface area (Å²) in [5, 5.41) is 14.7. The molecule has 0 unspecified atom stereocenters. The van der Waals surface area contributed by atoms with Crippen LogP contribution in [0, 0.1) is 6.92 Å². The Balaban J connectivity index is 1.42. The van der Waals surface area contributed by atoms with Crippen molar-refractivity contribution < 1.29 is 9.53 Å². The SMILES string of the molecule is COc1ccc(-n2c(SCC(=O)Nc3cccc4ccccc34)nnc2-c2cccc(C)c2)cc1. The number of hydrogen-bond donors (Lipinski definition) is 1. The van der Waals surface area contributed by atoms with Gasteiger partial charge < -0.3 is 10.1 Å². The first-order chi connectivity index (χ1) is 17.1. The number of aryl methyl sites for hydroxylation is 1. The number of rotatable bonds is 7. The molecule has 1 amide bonds. The summed E-state index contributed by atoms with van der Waals surface area (Å²) in [7, 11) is 1.64. The van der Waals surface area contributed by atoms with Crippen molar-refractivity contribution in [3.63, 3.8) is 0 Å². The van der Waals surface area contributed by atoms with E-state index >= 15 is 0 Å². The number of carbonyl (C=O) groups excluding carboxylic acids is 1. The fraction of sp³-hybridized carbons (Fsp3) is 0.107. The Morgan fingerprint density at radius 3 is 2.51 bits per heavy atom. The van der Waals surface area contributed by atoms with Crippen molar-refractivity contribution in [2.45, 2.75) is 12.1 Å². The number of hydrogen-bond acceptors (Lipinski definition) is 5. The average Bonchev–Trinajstić information content (AvgIpc) is 3.32. The molecule has 7 heteroatoms. The van der Waals surface area contributed by atoms with Gasteiger partial charge in [-0.25, -0.2) is 0 Å². The lowest BCUT2D eigenvalue weighted by molar-refractivity contribution is -0.113. The molecule has 1 aromatic heterocycles. The largest absolute Gasteiger partial charge is 0.497 e. The predicted molar refractivity (Wildman–Crippen MR) is 141 cm³/mol. The van der Waals surface area contributed by atoms with Gasteiger partial charge in [-0.15, -0.1) is 10.2 Å². The van der Waals surface area contributed by atoms with Gasteiger partial charge >= 0.3 is 0 Å². The Morgan fingerprint density at radius 2 is 1.71 bits per heavy atom. The summed E-state index contributed by atoms with van der Waals surface area (Å²) in [6.07, 6.45) is 0. The van der Waals surface area contributed by atoms with Gasteiger partial charge in [0, 0.05) is 22.3 Å². The van der Waals surface area contributed by atoms with Gasteiger partial charge in [-0.1, -0.05) is 71.9 Å². The molecule has 1 N–H and O–H groups in total. The lowest BCUT2D eigenvalue weighted by atomic mass is 10.1. The van der Waals surface area contributed by atoms with E-state index in [2.05, 4.69) is 21.6 Å². The Labute approximate surface area is 208 Å². The maximum atomic E-state index is 12.9. The molecule has 4 aromatic carbocycles. The highest BCUT2D eigenvalue weighted by Gasteiger charge is 2.18. The Hall–Kier alpha value is -4.10. The van der Waals surface area contributed by atoms with E-state index in [1.54, 1.807) is 7.11 Å². The first kappa shape index (κ1) is 22.7. The maximum absolute atomic E-state index is 12.9. The zero-order valence-corrected chi connectivity index (χ0v) is 20.3. The zero-order chi connectivity index (χ0) is 24.2. The Morgan fingerprint density at radius 1 is 0.943 bits per heavy atom. The molecule has 0 aliphatic heterocycles. The van der Waals surface area contributed by atoms with Crippen LogP contribution >= 0.6 is 11.8 Å². The zero-order valence-electron chi connectivity index (χ0n) is 19.4. The molecule has 0 saturated heterocycles. The van der Waals surface area contributed by atoms with E-state index in [-0.39, 0.29) is 11.7 Å². The molecule has 0 bridgehead atoms. The predicted octanol–water partition coefficient (Wildman–Crippen LogP) is 6.14. The number of fused-ring (bicyclic) bond motifs is 1. The van der Waals surface area contributed by atoms with E-state index < -0.39 is 0 Å². The van der Waals surface area contributed by atoms with Crippen LogP contribution in [0.4, 0.5) is 5.69 Å². The summed E-state index contributed by atoms with van der Waals surface area (Å²) in [4.78, 5) is 12.9. The molecule has 0 spiro atoms. The molecule has 0 fully saturated rings. The highest BCUT2D eigenvalue weighted by atomic mass is 32.2. The number of ether oxygens (including phenoxy) is 1. The molecular formula is C28H24N4O2S. The third kappa shape index (κ3) is 4.90. The molecule has 0 saturated carbocycles. The van der Waals surface area contributed by atoms with Crippen LogP contribution in [-0.2, 0) is 4.79 Å². The monoisotopic (exact) mass is 480 g/mol. The highest BCUT2D eigenvalue weighted by molar-refractivity contribution is 7.99. The van der Waals surface area contributed by atoms with Crippen LogP contribution in [0.1, 0.15) is 5.56 Å². The van der Waals surface area contributed by atoms with Crippen LogP contribution in [0.25, 0.3) is 27.8 Å². The van der Waals surface area contributed by atoms with Crippen molar-refractivity contribution in [2.75, 3.05) is 18.2 Å². The first-order valence-corrected chi connectivity index (χ1v) is 12.2. The molecule has 0 aliphatic carbocycles. The van der Waals surface area contributed by atoms with Crippen molar-refractivity contribution >= 4 is 34.1 Å². The highest BCUT2D eigenvalue weighted by Crippen LogP contribution is 2.30. The number of nitrogens with one attached hydrogen (secondary N) is 1. The minimum Gasteiger partial charge on any atom is -0.497 e. The second kappa shape index (κ2) is 10.0. The van der Waals surface area contributed by atoms with E-state index in [0.717, 1.165) is 44.8 Å². The third-order valence-electron chi connectivity index (χ3n) is 5.64. The van der Waals surface area contributed by atoms with E-state index in [0.29, 0.717) is 5.16 Å². The smallest absolute Gasteiger partial charge is 0.234 e. The third-order valence-corrected chi connectivity index (χ3v) is 6.57. The number of aromatic nitrogens is 3. The van der Waals surface area contributed by atoms with Crippen LogP contribution in [0.5, 0.6) is 5.75 Å². The maximum Gasteiger partial charge on any atom is 0.234 e. The minimum atomic E-state index is -0.104. The number of nitrogens with zero attached hydrogens (tertiary/aromatic N) is 3. The molecular weight excluding hydrogens is 456 g/mol. The van der Waals surface area contributed by atoms with Crippen molar-refractivity contribution in [2.24, 2.45) is 0 Å². The van der Waals surface area contributed by atoms with Gasteiger partial charge in [-0.3, -0.25) is 9.36 Å². The number of anilines is 1. The molecule has 174 valence electrons. The molecule has 5 rings (SSSR count). The second-order valence-electron chi connectivity index (χ2n) is 8.07. The fourth-order valence-corrected chi connectivity index (χ4v) is 4.70. The lowest BCUT2D eigenvalue weighted by Crippen LogP contribution is -2.14.